The van der Waals surface area contributed by atoms with Crippen molar-refractivity contribution in [3.8, 4) is 0 Å². The second kappa shape index (κ2) is 7.16. The van der Waals surface area contributed by atoms with Crippen molar-refractivity contribution in [2.24, 2.45) is 0 Å². The Labute approximate surface area is 126 Å². The topological polar surface area (TPSA) is 90.3 Å². The van der Waals surface area contributed by atoms with E-state index in [-0.39, 0.29) is 23.6 Å². The molecule has 0 spiro atoms. The predicted octanol–water partition coefficient (Wildman–Crippen LogP) is 0.460. The minimum atomic E-state index is -0.561. The van der Waals surface area contributed by atoms with E-state index in [9.17, 15) is 14.4 Å². The summed E-state index contributed by atoms with van der Waals surface area (Å²) in [6.45, 7) is 0.581. The lowest BCUT2D eigenvalue weighted by Crippen LogP contribution is -2.30. The number of carbonyl (C=O) groups is 2. The second-order valence-corrected chi connectivity index (χ2v) is 4.44. The van der Waals surface area contributed by atoms with Gasteiger partial charge in [-0.15, -0.1) is 0 Å². The number of hydrogen-bond acceptors (Lipinski definition) is 5. The first-order valence-corrected chi connectivity index (χ1v) is 6.59. The van der Waals surface area contributed by atoms with E-state index in [0.717, 1.165) is 0 Å². The van der Waals surface area contributed by atoms with Crippen molar-refractivity contribution in [1.29, 1.82) is 0 Å². The fourth-order valence-electron chi connectivity index (χ4n) is 1.83. The monoisotopic (exact) mass is 301 g/mol. The Hall–Kier alpha value is -2.96. The lowest BCUT2D eigenvalue weighted by atomic mass is 10.2. The third kappa shape index (κ3) is 3.78. The summed E-state index contributed by atoms with van der Waals surface area (Å²) in [5, 5.41) is 2.69. The summed E-state index contributed by atoms with van der Waals surface area (Å²) in [7, 11) is 1.25. The minimum Gasteiger partial charge on any atom is -0.465 e. The second-order valence-electron chi connectivity index (χ2n) is 4.44. The summed E-state index contributed by atoms with van der Waals surface area (Å²) in [4.78, 5) is 38.8. The lowest BCUT2D eigenvalue weighted by Gasteiger charge is -2.08. The van der Waals surface area contributed by atoms with E-state index in [1.165, 1.54) is 36.2 Å². The molecule has 114 valence electrons. The molecular formula is C15H15N3O4. The zero-order valence-corrected chi connectivity index (χ0v) is 12.0. The van der Waals surface area contributed by atoms with Gasteiger partial charge in [-0.05, 0) is 18.2 Å². The van der Waals surface area contributed by atoms with Crippen LogP contribution >= 0.6 is 0 Å². The Bertz CT molecular complexity index is 725. The average Bonchev–Trinajstić information content (AvgIpc) is 2.56. The molecule has 22 heavy (non-hydrogen) atoms. The number of pyridine rings is 2. The van der Waals surface area contributed by atoms with Gasteiger partial charge in [0.1, 0.15) is 0 Å². The smallest absolute Gasteiger partial charge is 0.338 e. The maximum atomic E-state index is 11.8. The molecule has 0 saturated carbocycles. The average molecular weight is 301 g/mol. The Balaban J connectivity index is 1.94. The number of aromatic nitrogens is 2. The highest BCUT2D eigenvalue weighted by Gasteiger charge is 2.08. The Morgan fingerprint density at radius 3 is 2.77 bits per heavy atom. The predicted molar refractivity (Wildman–Crippen MR) is 78.6 cm³/mol. The van der Waals surface area contributed by atoms with Gasteiger partial charge in [0.25, 0.3) is 11.5 Å². The third-order valence-electron chi connectivity index (χ3n) is 2.98. The van der Waals surface area contributed by atoms with Gasteiger partial charge in [0.2, 0.25) is 0 Å². The Morgan fingerprint density at radius 2 is 2.14 bits per heavy atom. The van der Waals surface area contributed by atoms with Crippen LogP contribution in [0.5, 0.6) is 0 Å². The van der Waals surface area contributed by atoms with E-state index in [4.69, 9.17) is 0 Å². The van der Waals surface area contributed by atoms with Crippen LogP contribution in [0.2, 0.25) is 0 Å². The van der Waals surface area contributed by atoms with Crippen LogP contribution < -0.4 is 10.9 Å². The molecule has 2 rings (SSSR count). The highest BCUT2D eigenvalue weighted by Crippen LogP contribution is 1.97. The number of ether oxygens (including phenoxy) is 1. The van der Waals surface area contributed by atoms with Crippen LogP contribution in [0.3, 0.4) is 0 Å². The number of methoxy groups -OCH3 is 1. The summed E-state index contributed by atoms with van der Waals surface area (Å²) in [5.74, 6) is -0.818. The van der Waals surface area contributed by atoms with E-state index in [0.29, 0.717) is 12.1 Å². The molecule has 0 saturated heterocycles. The largest absolute Gasteiger partial charge is 0.465 e. The molecule has 0 aliphatic rings. The Morgan fingerprint density at radius 1 is 1.32 bits per heavy atom. The van der Waals surface area contributed by atoms with Gasteiger partial charge in [-0.2, -0.15) is 0 Å². The molecular weight excluding hydrogens is 286 g/mol. The fraction of sp³-hybridized carbons (Fsp3) is 0.200. The van der Waals surface area contributed by atoms with Crippen molar-refractivity contribution < 1.29 is 14.3 Å². The molecule has 1 amide bonds. The number of amides is 1. The van der Waals surface area contributed by atoms with Crippen LogP contribution in [-0.2, 0) is 11.3 Å². The number of esters is 1. The van der Waals surface area contributed by atoms with Crippen molar-refractivity contribution in [2.45, 2.75) is 6.54 Å². The van der Waals surface area contributed by atoms with Crippen LogP contribution in [0.15, 0.2) is 47.7 Å². The first kappa shape index (κ1) is 15.4. The van der Waals surface area contributed by atoms with Crippen molar-refractivity contribution in [3.05, 3.63) is 64.3 Å². The first-order chi connectivity index (χ1) is 10.6. The SMILES string of the molecule is COC(=O)c1ccn(CCNC(=O)c2cccnc2)c(=O)c1. The molecule has 7 nitrogen and oxygen atoms in total. The zero-order chi connectivity index (χ0) is 15.9. The molecule has 0 bridgehead atoms. The van der Waals surface area contributed by atoms with Gasteiger partial charge >= 0.3 is 5.97 Å². The maximum absolute atomic E-state index is 11.8. The van der Waals surface area contributed by atoms with E-state index in [2.05, 4.69) is 15.0 Å². The molecule has 0 fully saturated rings. The van der Waals surface area contributed by atoms with Gasteiger partial charge in [0, 0.05) is 37.7 Å². The lowest BCUT2D eigenvalue weighted by molar-refractivity contribution is 0.0600. The highest BCUT2D eigenvalue weighted by molar-refractivity contribution is 5.93. The summed E-state index contributed by atoms with van der Waals surface area (Å²) in [6.07, 6.45) is 4.54. The molecule has 2 aromatic rings. The van der Waals surface area contributed by atoms with Crippen molar-refractivity contribution in [1.82, 2.24) is 14.9 Å². The van der Waals surface area contributed by atoms with Gasteiger partial charge in [0.05, 0.1) is 18.2 Å². The van der Waals surface area contributed by atoms with Crippen LogP contribution in [0, 0.1) is 0 Å². The molecule has 0 aliphatic carbocycles. The first-order valence-electron chi connectivity index (χ1n) is 6.59. The van der Waals surface area contributed by atoms with Gasteiger partial charge in [-0.1, -0.05) is 0 Å². The van der Waals surface area contributed by atoms with Crippen LogP contribution in [0.1, 0.15) is 20.7 Å². The number of hydrogen-bond donors (Lipinski definition) is 1. The van der Waals surface area contributed by atoms with Crippen LogP contribution in [0.4, 0.5) is 0 Å². The van der Waals surface area contributed by atoms with Gasteiger partial charge in [-0.3, -0.25) is 14.6 Å². The number of rotatable bonds is 5. The number of nitrogens with zero attached hydrogens (tertiary/aromatic N) is 2. The third-order valence-corrected chi connectivity index (χ3v) is 2.98. The zero-order valence-electron chi connectivity index (χ0n) is 12.0. The summed E-state index contributed by atoms with van der Waals surface area (Å²) < 4.78 is 5.94. The van der Waals surface area contributed by atoms with Crippen LogP contribution in [0.25, 0.3) is 0 Å². The molecule has 7 heteroatoms. The summed E-state index contributed by atoms with van der Waals surface area (Å²) in [6, 6.07) is 6.02. The molecule has 2 aromatic heterocycles. The molecule has 1 N–H and O–H groups in total. The highest BCUT2D eigenvalue weighted by atomic mass is 16.5. The standard InChI is InChI=1S/C15H15N3O4/c1-22-15(21)11-4-7-18(13(19)9-11)8-6-17-14(20)12-3-2-5-16-10-12/h2-5,7,9-10H,6,8H2,1H3,(H,17,20). The molecule has 0 radical (unpaired) electrons. The van der Waals surface area contributed by atoms with Gasteiger partial charge in [0.15, 0.2) is 0 Å². The molecule has 0 aliphatic heterocycles. The normalized spacial score (nSPS) is 10.0. The quantitative estimate of drug-likeness (QED) is 0.810. The van der Waals surface area contributed by atoms with E-state index < -0.39 is 5.97 Å². The molecule has 0 atom stereocenters. The van der Waals surface area contributed by atoms with Crippen molar-refractivity contribution >= 4 is 11.9 Å². The van der Waals surface area contributed by atoms with E-state index in [1.54, 1.807) is 18.3 Å². The molecule has 2 heterocycles. The molecule has 0 unspecified atom stereocenters. The van der Waals surface area contributed by atoms with Gasteiger partial charge in [-0.25, -0.2) is 4.79 Å². The van der Waals surface area contributed by atoms with Crippen molar-refractivity contribution in [3.63, 3.8) is 0 Å². The summed E-state index contributed by atoms with van der Waals surface area (Å²) in [5.41, 5.74) is 0.317. The Kier molecular flexibility index (Phi) is 5.02. The van der Waals surface area contributed by atoms with Gasteiger partial charge < -0.3 is 14.6 Å². The van der Waals surface area contributed by atoms with E-state index in [1.807, 2.05) is 0 Å². The number of carbonyl (C=O) groups excluding carboxylic acids is 2. The van der Waals surface area contributed by atoms with Crippen LogP contribution in [-0.4, -0.2) is 35.1 Å². The minimum absolute atomic E-state index is 0.197. The fourth-order valence-corrected chi connectivity index (χ4v) is 1.83. The molecule has 0 aromatic carbocycles. The maximum Gasteiger partial charge on any atom is 0.338 e. The number of nitrogens with one attached hydrogen (secondary N) is 1. The summed E-state index contributed by atoms with van der Waals surface area (Å²) >= 11 is 0. The van der Waals surface area contributed by atoms with E-state index >= 15 is 0 Å². The van der Waals surface area contributed by atoms with Crippen molar-refractivity contribution in [2.75, 3.05) is 13.7 Å².